The number of primary amides is 1. The Morgan fingerprint density at radius 1 is 1.07 bits per heavy atom. The number of benzene rings is 3. The summed E-state index contributed by atoms with van der Waals surface area (Å²) in [5, 5.41) is 1.80. The van der Waals surface area contributed by atoms with Crippen molar-refractivity contribution in [3.63, 3.8) is 0 Å². The predicted octanol–water partition coefficient (Wildman–Crippen LogP) is 6.58. The Hall–Kier alpha value is -2.66. The van der Waals surface area contributed by atoms with Gasteiger partial charge in [-0.3, -0.25) is 4.79 Å². The Labute approximate surface area is 183 Å². The molecule has 4 aromatic rings. The molecule has 0 atom stereocenters. The zero-order valence-electron chi connectivity index (χ0n) is 16.9. The van der Waals surface area contributed by atoms with E-state index >= 15 is 0 Å². The highest BCUT2D eigenvalue weighted by Gasteiger charge is 2.18. The van der Waals surface area contributed by atoms with Gasteiger partial charge in [0, 0.05) is 31.9 Å². The second-order valence-corrected chi connectivity index (χ2v) is 8.61. The second-order valence-electron chi connectivity index (χ2n) is 7.69. The maximum atomic E-state index is 14.6. The van der Waals surface area contributed by atoms with E-state index < -0.39 is 5.91 Å². The minimum atomic E-state index is -0.457. The van der Waals surface area contributed by atoms with Gasteiger partial charge in [0.05, 0.1) is 12.1 Å². The highest BCUT2D eigenvalue weighted by atomic mass is 79.9. The number of fused-ring (bicyclic) bond motifs is 3. The third-order valence-electron chi connectivity index (χ3n) is 5.63. The molecule has 5 heteroatoms. The highest BCUT2D eigenvalue weighted by molar-refractivity contribution is 9.10. The maximum Gasteiger partial charge on any atom is 0.249 e. The molecule has 0 spiro atoms. The Kier molecular flexibility index (Phi) is 5.91. The van der Waals surface area contributed by atoms with E-state index in [4.69, 9.17) is 5.73 Å². The standard InChI is InChI=1S/C25H24BrFN2O/c1-2-3-4-6-16-9-12-19-23(13-16)29(15-17-10-11-18(26)14-21(17)27)22-8-5-7-20(24(19)22)25(28)30/h5,7-14H,2-4,6,15H2,1H3,(H2,28,30). The molecule has 1 aromatic heterocycles. The molecule has 3 nitrogen and oxygen atoms in total. The Morgan fingerprint density at radius 2 is 1.90 bits per heavy atom. The normalized spacial score (nSPS) is 11.4. The average molecular weight is 467 g/mol. The molecule has 2 N–H and O–H groups in total. The van der Waals surface area contributed by atoms with Gasteiger partial charge in [0.15, 0.2) is 0 Å². The molecule has 0 radical (unpaired) electrons. The van der Waals surface area contributed by atoms with Gasteiger partial charge in [-0.25, -0.2) is 4.39 Å². The first-order valence-corrected chi connectivity index (χ1v) is 11.1. The van der Waals surface area contributed by atoms with E-state index in [0.29, 0.717) is 22.1 Å². The molecule has 1 heterocycles. The molecule has 0 unspecified atom stereocenters. The lowest BCUT2D eigenvalue weighted by Crippen LogP contribution is -2.11. The van der Waals surface area contributed by atoms with Crippen molar-refractivity contribution in [1.82, 2.24) is 4.57 Å². The summed E-state index contributed by atoms with van der Waals surface area (Å²) in [4.78, 5) is 12.1. The van der Waals surface area contributed by atoms with Crippen LogP contribution >= 0.6 is 15.9 Å². The molecule has 1 amide bonds. The second kappa shape index (κ2) is 8.60. The lowest BCUT2D eigenvalue weighted by molar-refractivity contribution is 0.100. The smallest absolute Gasteiger partial charge is 0.249 e. The number of nitrogens with two attached hydrogens (primary N) is 1. The van der Waals surface area contributed by atoms with Crippen LogP contribution in [0.2, 0.25) is 0 Å². The van der Waals surface area contributed by atoms with E-state index in [1.54, 1.807) is 12.1 Å². The van der Waals surface area contributed by atoms with Gasteiger partial charge >= 0.3 is 0 Å². The third-order valence-corrected chi connectivity index (χ3v) is 6.13. The van der Waals surface area contributed by atoms with Crippen LogP contribution in [-0.2, 0) is 13.0 Å². The minimum absolute atomic E-state index is 0.260. The Balaban J connectivity index is 1.93. The lowest BCUT2D eigenvalue weighted by Gasteiger charge is -2.10. The number of carbonyl (C=O) groups excluding carboxylic acids is 1. The van der Waals surface area contributed by atoms with Gasteiger partial charge in [-0.2, -0.15) is 0 Å². The van der Waals surface area contributed by atoms with E-state index in [9.17, 15) is 9.18 Å². The number of nitrogens with zero attached hydrogens (tertiary/aromatic N) is 1. The first-order valence-electron chi connectivity index (χ1n) is 10.3. The molecule has 154 valence electrons. The molecule has 0 aliphatic rings. The summed E-state index contributed by atoms with van der Waals surface area (Å²) < 4.78 is 17.4. The van der Waals surface area contributed by atoms with Gasteiger partial charge in [-0.05, 0) is 48.7 Å². The van der Waals surface area contributed by atoms with Crippen molar-refractivity contribution in [2.24, 2.45) is 5.73 Å². The quantitative estimate of drug-likeness (QED) is 0.307. The number of hydrogen-bond donors (Lipinski definition) is 1. The van der Waals surface area contributed by atoms with Gasteiger partial charge < -0.3 is 10.3 Å². The van der Waals surface area contributed by atoms with Crippen LogP contribution in [0.5, 0.6) is 0 Å². The number of rotatable bonds is 7. The Morgan fingerprint density at radius 3 is 2.63 bits per heavy atom. The summed E-state index contributed by atoms with van der Waals surface area (Å²) in [5.74, 6) is -0.717. The van der Waals surface area contributed by atoms with Crippen LogP contribution in [0.25, 0.3) is 21.8 Å². The van der Waals surface area contributed by atoms with E-state index in [1.165, 1.54) is 24.5 Å². The van der Waals surface area contributed by atoms with Crippen LogP contribution in [0.15, 0.2) is 59.1 Å². The highest BCUT2D eigenvalue weighted by Crippen LogP contribution is 2.33. The zero-order chi connectivity index (χ0) is 21.3. The van der Waals surface area contributed by atoms with Gasteiger partial charge in [0.1, 0.15) is 5.82 Å². The number of aryl methyl sites for hydroxylation is 1. The molecular weight excluding hydrogens is 443 g/mol. The van der Waals surface area contributed by atoms with Gasteiger partial charge in [0.2, 0.25) is 5.91 Å². The molecular formula is C25H24BrFN2O. The van der Waals surface area contributed by atoms with Gasteiger partial charge in [-0.1, -0.05) is 60.0 Å². The van der Waals surface area contributed by atoms with E-state index in [-0.39, 0.29) is 5.82 Å². The fourth-order valence-electron chi connectivity index (χ4n) is 4.12. The monoisotopic (exact) mass is 466 g/mol. The number of carbonyl (C=O) groups is 1. The van der Waals surface area contributed by atoms with Crippen molar-refractivity contribution in [2.75, 3.05) is 0 Å². The lowest BCUT2D eigenvalue weighted by atomic mass is 10.0. The van der Waals surface area contributed by atoms with Gasteiger partial charge in [0.25, 0.3) is 0 Å². The van der Waals surface area contributed by atoms with Crippen molar-refractivity contribution >= 4 is 43.6 Å². The summed E-state index contributed by atoms with van der Waals surface area (Å²) in [5.41, 5.74) is 9.88. The Bertz CT molecular complexity index is 1250. The van der Waals surface area contributed by atoms with Crippen LogP contribution in [0.3, 0.4) is 0 Å². The number of hydrogen-bond acceptors (Lipinski definition) is 1. The van der Waals surface area contributed by atoms with Crippen LogP contribution < -0.4 is 5.73 Å². The molecule has 30 heavy (non-hydrogen) atoms. The number of halogens is 2. The molecule has 0 aliphatic heterocycles. The summed E-state index contributed by atoms with van der Waals surface area (Å²) in [7, 11) is 0. The number of unbranched alkanes of at least 4 members (excludes halogenated alkanes) is 2. The summed E-state index contributed by atoms with van der Waals surface area (Å²) in [6.07, 6.45) is 4.50. The molecule has 0 saturated carbocycles. The van der Waals surface area contributed by atoms with Crippen LogP contribution in [-0.4, -0.2) is 10.5 Å². The van der Waals surface area contributed by atoms with Crippen LogP contribution in [0.1, 0.15) is 47.7 Å². The zero-order valence-corrected chi connectivity index (χ0v) is 18.5. The molecule has 0 aliphatic carbocycles. The summed E-state index contributed by atoms with van der Waals surface area (Å²) in [6.45, 7) is 2.57. The van der Waals surface area contributed by atoms with Crippen LogP contribution in [0, 0.1) is 5.82 Å². The predicted molar refractivity (Wildman–Crippen MR) is 124 cm³/mol. The number of amides is 1. The first kappa shape index (κ1) is 20.6. The third kappa shape index (κ3) is 3.86. The van der Waals surface area contributed by atoms with Crippen molar-refractivity contribution in [1.29, 1.82) is 0 Å². The summed E-state index contributed by atoms with van der Waals surface area (Å²) >= 11 is 3.32. The fraction of sp³-hybridized carbons (Fsp3) is 0.240. The first-order chi connectivity index (χ1) is 14.5. The van der Waals surface area contributed by atoms with Crippen molar-refractivity contribution < 1.29 is 9.18 Å². The topological polar surface area (TPSA) is 48.0 Å². The van der Waals surface area contributed by atoms with Crippen molar-refractivity contribution in [3.8, 4) is 0 Å². The minimum Gasteiger partial charge on any atom is -0.366 e. The molecule has 0 bridgehead atoms. The SMILES string of the molecule is CCCCCc1ccc2c3c(C(N)=O)cccc3n(Cc3ccc(Br)cc3F)c2c1. The van der Waals surface area contributed by atoms with E-state index in [0.717, 1.165) is 34.6 Å². The van der Waals surface area contributed by atoms with Gasteiger partial charge in [-0.15, -0.1) is 0 Å². The number of aromatic nitrogens is 1. The van der Waals surface area contributed by atoms with Crippen molar-refractivity contribution in [2.45, 2.75) is 39.2 Å². The van der Waals surface area contributed by atoms with Crippen LogP contribution in [0.4, 0.5) is 4.39 Å². The maximum absolute atomic E-state index is 14.6. The molecule has 4 rings (SSSR count). The fourth-order valence-corrected chi connectivity index (χ4v) is 4.45. The molecule has 0 saturated heterocycles. The van der Waals surface area contributed by atoms with E-state index in [1.807, 2.05) is 18.2 Å². The average Bonchev–Trinajstić information content (AvgIpc) is 3.03. The largest absolute Gasteiger partial charge is 0.366 e. The molecule has 3 aromatic carbocycles. The molecule has 0 fully saturated rings. The van der Waals surface area contributed by atoms with E-state index in [2.05, 4.69) is 45.6 Å². The summed E-state index contributed by atoms with van der Waals surface area (Å²) in [6, 6.07) is 17.0. The van der Waals surface area contributed by atoms with Crippen molar-refractivity contribution in [3.05, 3.63) is 81.6 Å².